The SMILES string of the molecule is CC1(C)[C@@H]2CC[C@@]1(CS(=O)(=O)/C=C/S(=O)(=O)c1ccccc1)[C@H](O)C2. The largest absolute Gasteiger partial charge is 0.392 e. The van der Waals surface area contributed by atoms with Crippen LogP contribution in [0.25, 0.3) is 0 Å². The molecule has 0 aromatic heterocycles. The van der Waals surface area contributed by atoms with E-state index < -0.39 is 31.2 Å². The van der Waals surface area contributed by atoms with Crippen LogP contribution in [0.2, 0.25) is 0 Å². The van der Waals surface area contributed by atoms with Gasteiger partial charge in [-0.15, -0.1) is 0 Å². The zero-order valence-corrected chi connectivity index (χ0v) is 16.1. The van der Waals surface area contributed by atoms with Gasteiger partial charge in [-0.05, 0) is 42.7 Å². The van der Waals surface area contributed by atoms with Crippen LogP contribution in [0.15, 0.2) is 46.0 Å². The highest BCUT2D eigenvalue weighted by Gasteiger charge is 2.64. The Hall–Kier alpha value is -1.18. The van der Waals surface area contributed by atoms with Gasteiger partial charge >= 0.3 is 0 Å². The lowest BCUT2D eigenvalue weighted by atomic mass is 9.70. The Labute approximate surface area is 149 Å². The van der Waals surface area contributed by atoms with Gasteiger partial charge < -0.3 is 5.11 Å². The third kappa shape index (κ3) is 3.06. The van der Waals surface area contributed by atoms with E-state index in [-0.39, 0.29) is 16.1 Å². The van der Waals surface area contributed by atoms with E-state index in [1.807, 2.05) is 13.8 Å². The molecule has 1 N–H and O–H groups in total. The number of hydrogen-bond donors (Lipinski definition) is 1. The molecule has 0 spiro atoms. The molecular weight excluding hydrogens is 360 g/mol. The van der Waals surface area contributed by atoms with Crippen LogP contribution in [-0.2, 0) is 19.7 Å². The van der Waals surface area contributed by atoms with Crippen LogP contribution in [0.3, 0.4) is 0 Å². The fourth-order valence-electron chi connectivity index (χ4n) is 4.63. The summed E-state index contributed by atoms with van der Waals surface area (Å²) in [7, 11) is -7.58. The molecule has 2 saturated carbocycles. The maximum absolute atomic E-state index is 12.6. The van der Waals surface area contributed by atoms with E-state index >= 15 is 0 Å². The zero-order chi connectivity index (χ0) is 18.5. The number of rotatable bonds is 5. The lowest BCUT2D eigenvalue weighted by molar-refractivity contribution is 0.0155. The average Bonchev–Trinajstić information content (AvgIpc) is 2.88. The summed E-state index contributed by atoms with van der Waals surface area (Å²) < 4.78 is 49.8. The number of benzene rings is 1. The molecule has 0 saturated heterocycles. The zero-order valence-electron chi connectivity index (χ0n) is 14.4. The maximum atomic E-state index is 12.6. The quantitative estimate of drug-likeness (QED) is 0.843. The summed E-state index contributed by atoms with van der Waals surface area (Å²) in [5.41, 5.74) is -0.969. The molecule has 0 aliphatic heterocycles. The summed E-state index contributed by atoms with van der Waals surface area (Å²) in [4.78, 5) is 0.0572. The monoisotopic (exact) mass is 384 g/mol. The molecule has 1 aromatic rings. The molecule has 5 nitrogen and oxygen atoms in total. The molecule has 3 atom stereocenters. The van der Waals surface area contributed by atoms with E-state index in [1.54, 1.807) is 18.2 Å². The van der Waals surface area contributed by atoms with Crippen molar-refractivity contribution in [3.8, 4) is 0 Å². The first-order chi connectivity index (χ1) is 11.5. The fraction of sp³-hybridized carbons (Fsp3) is 0.556. The Balaban J connectivity index is 1.86. The highest BCUT2D eigenvalue weighted by atomic mass is 32.2. The second-order valence-corrected chi connectivity index (χ2v) is 11.5. The van der Waals surface area contributed by atoms with Crippen LogP contribution >= 0.6 is 0 Å². The Bertz CT molecular complexity index is 885. The molecule has 7 heteroatoms. The Kier molecular flexibility index (Phi) is 4.41. The van der Waals surface area contributed by atoms with Crippen molar-refractivity contribution in [3.05, 3.63) is 41.1 Å². The maximum Gasteiger partial charge on any atom is 0.200 e. The van der Waals surface area contributed by atoms with E-state index in [4.69, 9.17) is 0 Å². The molecule has 2 fully saturated rings. The van der Waals surface area contributed by atoms with Crippen molar-refractivity contribution in [1.29, 1.82) is 0 Å². The Morgan fingerprint density at radius 2 is 1.76 bits per heavy atom. The molecule has 25 heavy (non-hydrogen) atoms. The normalized spacial score (nSPS) is 31.6. The topological polar surface area (TPSA) is 88.5 Å². The Morgan fingerprint density at radius 3 is 2.28 bits per heavy atom. The van der Waals surface area contributed by atoms with Gasteiger partial charge in [0, 0.05) is 16.2 Å². The van der Waals surface area contributed by atoms with Crippen molar-refractivity contribution in [2.45, 2.75) is 44.1 Å². The van der Waals surface area contributed by atoms with Gasteiger partial charge in [0.15, 0.2) is 9.84 Å². The van der Waals surface area contributed by atoms with E-state index in [1.165, 1.54) is 12.1 Å². The lowest BCUT2D eigenvalue weighted by Crippen LogP contribution is -2.44. The standard InChI is InChI=1S/C18H24O5S2/c1-17(2)14-8-9-18(17,16(19)12-14)13-24(20,21)10-11-25(22,23)15-6-4-3-5-7-15/h3-7,10-11,14,16,19H,8-9,12-13H2,1-2H3/b11-10+/t14-,16-,18-/m1/s1. The molecule has 2 aliphatic rings. The molecular formula is C18H24O5S2. The minimum atomic E-state index is -3.81. The molecule has 2 bridgehead atoms. The minimum absolute atomic E-state index is 0.0572. The minimum Gasteiger partial charge on any atom is -0.392 e. The highest BCUT2D eigenvalue weighted by molar-refractivity contribution is 7.97. The number of sulfone groups is 2. The van der Waals surface area contributed by atoms with Crippen molar-refractivity contribution in [2.75, 3.05) is 5.75 Å². The molecule has 0 heterocycles. The first-order valence-corrected chi connectivity index (χ1v) is 11.7. The number of aliphatic hydroxyl groups is 1. The summed E-state index contributed by atoms with van der Waals surface area (Å²) in [6.45, 7) is 4.03. The van der Waals surface area contributed by atoms with Crippen LogP contribution in [0.4, 0.5) is 0 Å². The number of fused-ring (bicyclic) bond motifs is 2. The third-order valence-corrected chi connectivity index (χ3v) is 9.43. The van der Waals surface area contributed by atoms with Crippen molar-refractivity contribution in [2.24, 2.45) is 16.7 Å². The molecule has 3 rings (SSSR count). The van der Waals surface area contributed by atoms with Gasteiger partial charge in [-0.2, -0.15) is 0 Å². The van der Waals surface area contributed by atoms with Gasteiger partial charge in [-0.25, -0.2) is 16.8 Å². The second kappa shape index (κ2) is 5.93. The van der Waals surface area contributed by atoms with Crippen LogP contribution in [-0.4, -0.2) is 33.8 Å². The average molecular weight is 385 g/mol. The molecule has 0 unspecified atom stereocenters. The first kappa shape index (κ1) is 18.6. The van der Waals surface area contributed by atoms with Crippen molar-refractivity contribution in [1.82, 2.24) is 0 Å². The van der Waals surface area contributed by atoms with Gasteiger partial charge in [0.1, 0.15) is 0 Å². The summed E-state index contributed by atoms with van der Waals surface area (Å²) >= 11 is 0. The first-order valence-electron chi connectivity index (χ1n) is 8.39. The van der Waals surface area contributed by atoms with Crippen LogP contribution in [0.1, 0.15) is 33.1 Å². The smallest absolute Gasteiger partial charge is 0.200 e. The molecule has 1 aromatic carbocycles. The number of hydrogen-bond acceptors (Lipinski definition) is 5. The fourth-order valence-corrected chi connectivity index (χ4v) is 8.11. The van der Waals surface area contributed by atoms with E-state index in [9.17, 15) is 21.9 Å². The van der Waals surface area contributed by atoms with Crippen LogP contribution in [0, 0.1) is 16.7 Å². The van der Waals surface area contributed by atoms with Crippen molar-refractivity contribution < 1.29 is 21.9 Å². The van der Waals surface area contributed by atoms with E-state index in [2.05, 4.69) is 0 Å². The summed E-state index contributed by atoms with van der Waals surface area (Å²) in [6.07, 6.45) is 1.53. The van der Waals surface area contributed by atoms with E-state index in [0.717, 1.165) is 17.2 Å². The summed E-state index contributed by atoms with van der Waals surface area (Å²) in [5, 5.41) is 12.0. The lowest BCUT2D eigenvalue weighted by Gasteiger charge is -2.39. The number of aliphatic hydroxyl groups excluding tert-OH is 1. The van der Waals surface area contributed by atoms with Gasteiger partial charge in [-0.1, -0.05) is 32.0 Å². The van der Waals surface area contributed by atoms with Gasteiger partial charge in [-0.3, -0.25) is 0 Å². The molecule has 0 amide bonds. The van der Waals surface area contributed by atoms with Crippen molar-refractivity contribution in [3.63, 3.8) is 0 Å². The molecule has 2 aliphatic carbocycles. The van der Waals surface area contributed by atoms with Crippen molar-refractivity contribution >= 4 is 19.7 Å². The van der Waals surface area contributed by atoms with Crippen LogP contribution < -0.4 is 0 Å². The highest BCUT2D eigenvalue weighted by Crippen LogP contribution is 2.66. The second-order valence-electron chi connectivity index (χ2n) is 7.80. The summed E-state index contributed by atoms with van der Waals surface area (Å²) in [5.74, 6) is 0.0978. The van der Waals surface area contributed by atoms with Gasteiger partial charge in [0.05, 0.1) is 16.8 Å². The molecule has 0 radical (unpaired) electrons. The molecule has 138 valence electrons. The van der Waals surface area contributed by atoms with Crippen LogP contribution in [0.5, 0.6) is 0 Å². The van der Waals surface area contributed by atoms with Gasteiger partial charge in [0.25, 0.3) is 0 Å². The predicted molar refractivity (Wildman–Crippen MR) is 96.1 cm³/mol. The third-order valence-electron chi connectivity index (χ3n) is 6.36. The van der Waals surface area contributed by atoms with E-state index in [0.29, 0.717) is 18.8 Å². The summed E-state index contributed by atoms with van der Waals surface area (Å²) in [6, 6.07) is 7.72. The van der Waals surface area contributed by atoms with Gasteiger partial charge in [0.2, 0.25) is 9.84 Å². The predicted octanol–water partition coefficient (Wildman–Crippen LogP) is 2.53. The Morgan fingerprint density at radius 1 is 1.12 bits per heavy atom.